The van der Waals surface area contributed by atoms with Crippen LogP contribution in [-0.4, -0.2) is 53.4 Å². The summed E-state index contributed by atoms with van der Waals surface area (Å²) < 4.78 is 0. The Kier molecular flexibility index (Phi) is 6.05. The van der Waals surface area contributed by atoms with Gasteiger partial charge in [-0.3, -0.25) is 9.78 Å². The van der Waals surface area contributed by atoms with Crippen LogP contribution in [0.25, 0.3) is 0 Å². The van der Waals surface area contributed by atoms with Gasteiger partial charge in [0.25, 0.3) is 0 Å². The fraction of sp³-hybridized carbons (Fsp3) is 0.400. The van der Waals surface area contributed by atoms with Crippen molar-refractivity contribution in [2.75, 3.05) is 32.7 Å². The maximum atomic E-state index is 13.2. The van der Waals surface area contributed by atoms with Gasteiger partial charge in [-0.15, -0.1) is 0 Å². The van der Waals surface area contributed by atoms with E-state index >= 15 is 0 Å². The maximum Gasteiger partial charge on any atom is 0.230 e. The zero-order valence-electron chi connectivity index (χ0n) is 14.6. The second-order valence-electron chi connectivity index (χ2n) is 6.42. The molecule has 1 unspecified atom stereocenters. The van der Waals surface area contributed by atoms with Crippen LogP contribution in [0.3, 0.4) is 0 Å². The Hall–Kier alpha value is -1.91. The number of pyridine rings is 1. The summed E-state index contributed by atoms with van der Waals surface area (Å²) in [5, 5.41) is 0.690. The van der Waals surface area contributed by atoms with Gasteiger partial charge in [-0.05, 0) is 48.4 Å². The summed E-state index contributed by atoms with van der Waals surface area (Å²) >= 11 is 6.03. The first-order valence-corrected chi connectivity index (χ1v) is 9.20. The van der Waals surface area contributed by atoms with E-state index in [1.807, 2.05) is 41.3 Å². The van der Waals surface area contributed by atoms with Crippen molar-refractivity contribution in [3.05, 3.63) is 64.9 Å². The molecule has 132 valence electrons. The highest BCUT2D eigenvalue weighted by Gasteiger charge is 2.28. The summed E-state index contributed by atoms with van der Waals surface area (Å²) in [4.78, 5) is 21.7. The number of likely N-dealkylation sites (N-methyl/N-ethyl adjacent to an activating group) is 1. The molecule has 1 aliphatic rings. The lowest BCUT2D eigenvalue weighted by Crippen LogP contribution is -2.50. The molecule has 2 heterocycles. The number of hydrogen-bond acceptors (Lipinski definition) is 3. The average molecular weight is 358 g/mol. The van der Waals surface area contributed by atoms with Crippen molar-refractivity contribution in [3.63, 3.8) is 0 Å². The van der Waals surface area contributed by atoms with Gasteiger partial charge >= 0.3 is 0 Å². The molecule has 0 N–H and O–H groups in total. The highest BCUT2D eigenvalue weighted by molar-refractivity contribution is 6.30. The first-order chi connectivity index (χ1) is 12.2. The van der Waals surface area contributed by atoms with Crippen molar-refractivity contribution < 1.29 is 4.79 Å². The fourth-order valence-electron chi connectivity index (χ4n) is 3.30. The van der Waals surface area contributed by atoms with Crippen LogP contribution in [0.15, 0.2) is 48.8 Å². The number of piperazine rings is 1. The van der Waals surface area contributed by atoms with Gasteiger partial charge in [-0.2, -0.15) is 0 Å². The van der Waals surface area contributed by atoms with Crippen LogP contribution in [-0.2, 0) is 11.2 Å². The van der Waals surface area contributed by atoms with Crippen molar-refractivity contribution >= 4 is 17.5 Å². The number of benzene rings is 1. The lowest BCUT2D eigenvalue weighted by Gasteiger charge is -2.36. The topological polar surface area (TPSA) is 36.4 Å². The molecule has 3 rings (SSSR count). The predicted molar refractivity (Wildman–Crippen MR) is 101 cm³/mol. The molecule has 0 radical (unpaired) electrons. The first-order valence-electron chi connectivity index (χ1n) is 8.83. The molecule has 0 bridgehead atoms. The smallest absolute Gasteiger partial charge is 0.230 e. The maximum absolute atomic E-state index is 13.2. The summed E-state index contributed by atoms with van der Waals surface area (Å²) in [6.07, 6.45) is 4.23. The normalized spacial score (nSPS) is 16.6. The van der Waals surface area contributed by atoms with E-state index in [0.29, 0.717) is 11.4 Å². The Labute approximate surface area is 154 Å². The summed E-state index contributed by atoms with van der Waals surface area (Å²) in [5.41, 5.74) is 2.14. The molecule has 1 amide bonds. The van der Waals surface area contributed by atoms with Crippen molar-refractivity contribution in [1.29, 1.82) is 0 Å². The Morgan fingerprint density at radius 3 is 2.32 bits per heavy atom. The van der Waals surface area contributed by atoms with Gasteiger partial charge in [0.1, 0.15) is 0 Å². The number of carbonyl (C=O) groups is 1. The molecule has 25 heavy (non-hydrogen) atoms. The number of rotatable bonds is 5. The molecule has 5 heteroatoms. The zero-order chi connectivity index (χ0) is 17.6. The molecule has 0 spiro atoms. The average Bonchev–Trinajstić information content (AvgIpc) is 2.67. The van der Waals surface area contributed by atoms with E-state index in [1.165, 1.54) is 0 Å². The van der Waals surface area contributed by atoms with Crippen LogP contribution in [0.4, 0.5) is 0 Å². The molecule has 2 aromatic rings. The van der Waals surface area contributed by atoms with E-state index in [1.54, 1.807) is 12.4 Å². The Bertz CT molecular complexity index is 682. The second kappa shape index (κ2) is 8.45. The minimum atomic E-state index is -0.187. The molecular formula is C20H24ClN3O. The SMILES string of the molecule is CCN1CCN(C(=O)C(Cc2ccncc2)c2ccc(Cl)cc2)CC1. The summed E-state index contributed by atoms with van der Waals surface area (Å²) in [6.45, 7) is 6.70. The third-order valence-electron chi connectivity index (χ3n) is 4.89. The molecule has 4 nitrogen and oxygen atoms in total. The number of hydrogen-bond donors (Lipinski definition) is 0. The van der Waals surface area contributed by atoms with Crippen LogP contribution < -0.4 is 0 Å². The molecule has 1 saturated heterocycles. The quantitative estimate of drug-likeness (QED) is 0.824. The van der Waals surface area contributed by atoms with Crippen LogP contribution >= 0.6 is 11.6 Å². The Balaban J connectivity index is 1.80. The lowest BCUT2D eigenvalue weighted by atomic mass is 9.90. The number of amides is 1. The standard InChI is InChI=1S/C20H24ClN3O/c1-2-23-11-13-24(14-12-23)20(25)19(15-16-7-9-22-10-8-16)17-3-5-18(21)6-4-17/h3-10,19H,2,11-15H2,1H3. The third kappa shape index (κ3) is 4.59. The van der Waals surface area contributed by atoms with E-state index < -0.39 is 0 Å². The minimum Gasteiger partial charge on any atom is -0.340 e. The summed E-state index contributed by atoms with van der Waals surface area (Å²) in [7, 11) is 0. The zero-order valence-corrected chi connectivity index (χ0v) is 15.3. The first kappa shape index (κ1) is 17.9. The van der Waals surface area contributed by atoms with Gasteiger partial charge in [0.2, 0.25) is 5.91 Å². The van der Waals surface area contributed by atoms with E-state index in [9.17, 15) is 4.79 Å². The Morgan fingerprint density at radius 2 is 1.72 bits per heavy atom. The van der Waals surface area contributed by atoms with Crippen molar-refractivity contribution in [2.45, 2.75) is 19.3 Å². The molecule has 0 saturated carbocycles. The van der Waals surface area contributed by atoms with Gasteiger partial charge in [0.05, 0.1) is 5.92 Å². The van der Waals surface area contributed by atoms with E-state index in [0.717, 1.165) is 43.9 Å². The monoisotopic (exact) mass is 357 g/mol. The van der Waals surface area contributed by atoms with Gasteiger partial charge in [-0.25, -0.2) is 0 Å². The largest absolute Gasteiger partial charge is 0.340 e. The summed E-state index contributed by atoms with van der Waals surface area (Å²) in [5.74, 6) is 0.0164. The van der Waals surface area contributed by atoms with E-state index in [4.69, 9.17) is 11.6 Å². The van der Waals surface area contributed by atoms with Crippen LogP contribution in [0, 0.1) is 0 Å². The Morgan fingerprint density at radius 1 is 1.08 bits per heavy atom. The number of halogens is 1. The van der Waals surface area contributed by atoms with Crippen LogP contribution in [0.2, 0.25) is 5.02 Å². The summed E-state index contributed by atoms with van der Waals surface area (Å²) in [6, 6.07) is 11.6. The van der Waals surface area contributed by atoms with Gasteiger partial charge in [0, 0.05) is 43.6 Å². The number of carbonyl (C=O) groups excluding carboxylic acids is 1. The third-order valence-corrected chi connectivity index (χ3v) is 5.14. The molecule has 1 aromatic carbocycles. The van der Waals surface area contributed by atoms with Crippen LogP contribution in [0.1, 0.15) is 24.0 Å². The van der Waals surface area contributed by atoms with Gasteiger partial charge in [0.15, 0.2) is 0 Å². The van der Waals surface area contributed by atoms with Crippen molar-refractivity contribution in [2.24, 2.45) is 0 Å². The highest BCUT2D eigenvalue weighted by atomic mass is 35.5. The van der Waals surface area contributed by atoms with E-state index in [-0.39, 0.29) is 11.8 Å². The minimum absolute atomic E-state index is 0.187. The van der Waals surface area contributed by atoms with Crippen LogP contribution in [0.5, 0.6) is 0 Å². The van der Waals surface area contributed by atoms with Gasteiger partial charge in [-0.1, -0.05) is 30.7 Å². The molecule has 1 aromatic heterocycles. The second-order valence-corrected chi connectivity index (χ2v) is 6.86. The number of nitrogens with zero attached hydrogens (tertiary/aromatic N) is 3. The predicted octanol–water partition coefficient (Wildman–Crippen LogP) is 3.23. The fourth-order valence-corrected chi connectivity index (χ4v) is 3.43. The highest BCUT2D eigenvalue weighted by Crippen LogP contribution is 2.25. The molecule has 1 aliphatic heterocycles. The van der Waals surface area contributed by atoms with Crippen molar-refractivity contribution in [1.82, 2.24) is 14.8 Å². The lowest BCUT2D eigenvalue weighted by molar-refractivity contribution is -0.134. The van der Waals surface area contributed by atoms with Crippen molar-refractivity contribution in [3.8, 4) is 0 Å². The molecule has 1 fully saturated rings. The number of aromatic nitrogens is 1. The molecule has 0 aliphatic carbocycles. The molecule has 1 atom stereocenters. The molecular weight excluding hydrogens is 334 g/mol. The van der Waals surface area contributed by atoms with Gasteiger partial charge < -0.3 is 9.80 Å². The van der Waals surface area contributed by atoms with E-state index in [2.05, 4.69) is 16.8 Å².